The molecule has 0 fully saturated rings. The van der Waals surface area contributed by atoms with Crippen LogP contribution in [0.5, 0.6) is 0 Å². The molecule has 3 heterocycles. The zero-order valence-electron chi connectivity index (χ0n) is 31.2. The molecule has 12 rings (SSSR count). The molecule has 0 spiro atoms. The fraction of sp³-hybridized carbons (Fsp3) is 0.0189. The average molecular weight is 732 g/mol. The van der Waals surface area contributed by atoms with Crippen LogP contribution in [0.3, 0.4) is 0 Å². The third-order valence-electron chi connectivity index (χ3n) is 11.6. The van der Waals surface area contributed by atoms with E-state index in [-0.39, 0.29) is 0 Å². The molecule has 0 atom stereocenters. The summed E-state index contributed by atoms with van der Waals surface area (Å²) in [7, 11) is 0. The minimum absolute atomic E-state index is 0.900. The summed E-state index contributed by atoms with van der Waals surface area (Å²) in [6.07, 6.45) is 5.68. The van der Waals surface area contributed by atoms with Crippen molar-refractivity contribution in [3.05, 3.63) is 206 Å². The van der Waals surface area contributed by atoms with Crippen molar-refractivity contribution < 1.29 is 4.42 Å². The normalized spacial score (nSPS) is 12.2. The van der Waals surface area contributed by atoms with Gasteiger partial charge in [-0.05, 0) is 125 Å². The minimum atomic E-state index is 0.900. The fourth-order valence-corrected chi connectivity index (χ4v) is 9.04. The Morgan fingerprint density at radius 3 is 1.44 bits per heavy atom. The molecule has 1 aliphatic rings. The number of hydrogen-bond donors (Lipinski definition) is 1. The lowest BCUT2D eigenvalue weighted by Gasteiger charge is -2.11. The number of rotatable bonds is 4. The molecule has 4 heteroatoms. The van der Waals surface area contributed by atoms with E-state index in [1.165, 1.54) is 88.9 Å². The Labute approximate surface area is 329 Å². The van der Waals surface area contributed by atoms with E-state index in [0.29, 0.717) is 0 Å². The molecule has 0 unspecified atom stereocenters. The second-order valence-corrected chi connectivity index (χ2v) is 14.7. The van der Waals surface area contributed by atoms with Crippen molar-refractivity contribution in [3.8, 4) is 33.6 Å². The van der Waals surface area contributed by atoms with Gasteiger partial charge in [-0.1, -0.05) is 110 Å². The number of furan rings is 1. The maximum Gasteiger partial charge on any atom is 0.135 e. The van der Waals surface area contributed by atoms with Gasteiger partial charge in [0, 0.05) is 43.7 Å². The molecular weight excluding hydrogens is 695 g/mol. The van der Waals surface area contributed by atoms with Crippen molar-refractivity contribution in [2.75, 3.05) is 0 Å². The van der Waals surface area contributed by atoms with Crippen molar-refractivity contribution in [2.45, 2.75) is 6.42 Å². The summed E-state index contributed by atoms with van der Waals surface area (Å²) in [4.78, 5) is 0. The van der Waals surface area contributed by atoms with Crippen LogP contribution in [0.4, 0.5) is 0 Å². The first-order valence-electron chi connectivity index (χ1n) is 19.4. The van der Waals surface area contributed by atoms with Gasteiger partial charge < -0.3 is 19.3 Å². The van der Waals surface area contributed by atoms with Crippen LogP contribution in [-0.2, 0) is 6.42 Å². The highest BCUT2D eigenvalue weighted by Gasteiger charge is 2.22. The predicted octanol–water partition coefficient (Wildman–Crippen LogP) is 13.7. The first-order chi connectivity index (χ1) is 28.2. The zero-order chi connectivity index (χ0) is 38.0. The lowest BCUT2D eigenvalue weighted by molar-refractivity contribution is 0.669. The number of allylic oxidation sites excluding steroid dienone is 2. The van der Waals surface area contributed by atoms with Gasteiger partial charge >= 0.3 is 0 Å². The largest absolute Gasteiger partial charge is 0.456 e. The summed E-state index contributed by atoms with van der Waals surface area (Å²) < 4.78 is 11.2. The van der Waals surface area contributed by atoms with E-state index in [4.69, 9.17) is 10.2 Å². The van der Waals surface area contributed by atoms with Crippen LogP contribution in [0.1, 0.15) is 11.1 Å². The molecule has 0 aliphatic heterocycles. The summed E-state index contributed by atoms with van der Waals surface area (Å²) in [6.45, 7) is 3.38. The number of hydrogen-bond acceptors (Lipinski definition) is 2. The van der Waals surface area contributed by atoms with E-state index in [9.17, 15) is 0 Å². The van der Waals surface area contributed by atoms with Crippen LogP contribution in [-0.4, -0.2) is 9.13 Å². The SMILES string of the molecule is C=C/C=C\N.c1ccc2c(c1)c1ccccc1n2-c1ccc2c(c1)-c1cc(-c3ccc4oc5ccc(-n6c7ccccc7c7ccccc76)cc5c4c3)ccc1C2. The Balaban J connectivity index is 0.000000708. The highest BCUT2D eigenvalue weighted by molar-refractivity contribution is 6.11. The summed E-state index contributed by atoms with van der Waals surface area (Å²) in [6, 6.07) is 62.0. The summed E-state index contributed by atoms with van der Waals surface area (Å²) >= 11 is 0. The van der Waals surface area contributed by atoms with Gasteiger partial charge in [0.25, 0.3) is 0 Å². The van der Waals surface area contributed by atoms with Crippen molar-refractivity contribution in [3.63, 3.8) is 0 Å². The van der Waals surface area contributed by atoms with E-state index in [1.807, 2.05) is 0 Å². The number of para-hydroxylation sites is 4. The average Bonchev–Trinajstić information content (AvgIpc) is 4.01. The third kappa shape index (κ3) is 5.15. The van der Waals surface area contributed by atoms with E-state index >= 15 is 0 Å². The van der Waals surface area contributed by atoms with Gasteiger partial charge in [-0.15, -0.1) is 0 Å². The molecule has 3 aromatic heterocycles. The monoisotopic (exact) mass is 731 g/mol. The van der Waals surface area contributed by atoms with Crippen LogP contribution in [0, 0.1) is 0 Å². The second-order valence-electron chi connectivity index (χ2n) is 14.7. The van der Waals surface area contributed by atoms with Crippen molar-refractivity contribution in [2.24, 2.45) is 5.73 Å². The Kier molecular flexibility index (Phi) is 7.51. The Morgan fingerprint density at radius 2 is 0.895 bits per heavy atom. The Bertz CT molecular complexity index is 3320. The smallest absolute Gasteiger partial charge is 0.135 e. The maximum atomic E-state index is 6.41. The maximum absolute atomic E-state index is 6.41. The zero-order valence-corrected chi connectivity index (χ0v) is 31.2. The first-order valence-corrected chi connectivity index (χ1v) is 19.4. The van der Waals surface area contributed by atoms with Gasteiger partial charge in [-0.3, -0.25) is 0 Å². The molecular formula is C53H37N3O. The highest BCUT2D eigenvalue weighted by Crippen LogP contribution is 2.43. The second kappa shape index (κ2) is 13.0. The van der Waals surface area contributed by atoms with Crippen LogP contribution in [0.25, 0.3) is 99.2 Å². The number of nitrogens with two attached hydrogens (primary N) is 1. The van der Waals surface area contributed by atoms with E-state index in [1.54, 1.807) is 12.2 Å². The van der Waals surface area contributed by atoms with Crippen LogP contribution < -0.4 is 5.73 Å². The van der Waals surface area contributed by atoms with E-state index in [0.717, 1.165) is 34.0 Å². The molecule has 0 amide bonds. The Hall–Kier alpha value is -7.56. The molecule has 11 aromatic rings. The summed E-state index contributed by atoms with van der Waals surface area (Å²) in [5.41, 5.74) is 21.7. The number of fused-ring (bicyclic) bond motifs is 12. The molecule has 0 saturated heterocycles. The van der Waals surface area contributed by atoms with Crippen molar-refractivity contribution >= 4 is 65.6 Å². The van der Waals surface area contributed by atoms with Crippen LogP contribution in [0.15, 0.2) is 199 Å². The molecule has 2 N–H and O–H groups in total. The lowest BCUT2D eigenvalue weighted by Crippen LogP contribution is -1.94. The first kappa shape index (κ1) is 32.8. The molecule has 57 heavy (non-hydrogen) atoms. The van der Waals surface area contributed by atoms with Crippen LogP contribution in [0.2, 0.25) is 0 Å². The topological polar surface area (TPSA) is 49.0 Å². The quantitative estimate of drug-likeness (QED) is 0.183. The number of aromatic nitrogens is 2. The van der Waals surface area contributed by atoms with Gasteiger partial charge in [0.05, 0.1) is 22.1 Å². The molecule has 0 bridgehead atoms. The number of nitrogens with zero attached hydrogens (tertiary/aromatic N) is 2. The minimum Gasteiger partial charge on any atom is -0.456 e. The van der Waals surface area contributed by atoms with Gasteiger partial charge in [0.2, 0.25) is 0 Å². The molecule has 4 nitrogen and oxygen atoms in total. The Morgan fingerprint density at radius 1 is 0.456 bits per heavy atom. The molecule has 1 aliphatic carbocycles. The van der Waals surface area contributed by atoms with Gasteiger partial charge in [0.1, 0.15) is 11.2 Å². The number of benzene rings is 8. The molecule has 8 aromatic carbocycles. The van der Waals surface area contributed by atoms with Gasteiger partial charge in [-0.25, -0.2) is 0 Å². The van der Waals surface area contributed by atoms with Gasteiger partial charge in [-0.2, -0.15) is 0 Å². The lowest BCUT2D eigenvalue weighted by atomic mass is 9.97. The van der Waals surface area contributed by atoms with Gasteiger partial charge in [0.15, 0.2) is 0 Å². The van der Waals surface area contributed by atoms with Crippen LogP contribution >= 0.6 is 0 Å². The molecule has 0 radical (unpaired) electrons. The highest BCUT2D eigenvalue weighted by atomic mass is 16.3. The third-order valence-corrected chi connectivity index (χ3v) is 11.6. The summed E-state index contributed by atoms with van der Waals surface area (Å²) in [5.74, 6) is 0. The summed E-state index contributed by atoms with van der Waals surface area (Å²) in [5, 5.41) is 7.34. The van der Waals surface area contributed by atoms with Crippen molar-refractivity contribution in [1.82, 2.24) is 9.13 Å². The van der Waals surface area contributed by atoms with E-state index in [2.05, 4.69) is 186 Å². The van der Waals surface area contributed by atoms with Crippen molar-refractivity contribution in [1.29, 1.82) is 0 Å². The predicted molar refractivity (Wildman–Crippen MR) is 240 cm³/mol. The van der Waals surface area contributed by atoms with E-state index < -0.39 is 0 Å². The molecule has 0 saturated carbocycles. The fourth-order valence-electron chi connectivity index (χ4n) is 9.04. The standard InChI is InChI=1S/C49H30N2O.C4H7N/c1-5-13-44-36(9-1)37-10-2-6-14-45(37)50(44)34-21-19-33-25-32-18-17-30(26-40(32)41(33)28-34)31-20-23-48-42(27-31)43-29-35(22-24-49(43)52-48)51-46-15-7-3-11-38(46)39-12-4-8-16-47(39)51;1-2-3-4-5/h1-24,26-29H,25H2;2-4H,1,5H2/b;4-3-. The molecule has 270 valence electrons.